The number of benzene rings is 1. The molecule has 1 N–H and O–H groups in total. The highest BCUT2D eigenvalue weighted by Crippen LogP contribution is 2.29. The number of likely N-dealkylation sites (tertiary alicyclic amines) is 1. The smallest absolute Gasteiger partial charge is 0.350 e. The highest BCUT2D eigenvalue weighted by atomic mass is 19.4. The number of amides is 2. The Morgan fingerprint density at radius 3 is 2.42 bits per heavy atom. The monoisotopic (exact) mass is 342 g/mol. The molecule has 1 saturated heterocycles. The van der Waals surface area contributed by atoms with Crippen LogP contribution >= 0.6 is 0 Å². The summed E-state index contributed by atoms with van der Waals surface area (Å²) in [6, 6.07) is 4.18. The third-order valence-corrected chi connectivity index (χ3v) is 4.08. The molecule has 1 unspecified atom stereocenters. The van der Waals surface area contributed by atoms with Gasteiger partial charge in [0.25, 0.3) is 0 Å². The van der Waals surface area contributed by atoms with E-state index >= 15 is 0 Å². The van der Waals surface area contributed by atoms with E-state index in [-0.39, 0.29) is 24.3 Å². The van der Waals surface area contributed by atoms with Gasteiger partial charge in [-0.15, -0.1) is 0 Å². The van der Waals surface area contributed by atoms with Gasteiger partial charge in [0.1, 0.15) is 6.04 Å². The van der Waals surface area contributed by atoms with Gasteiger partial charge in [-0.05, 0) is 30.5 Å². The lowest BCUT2D eigenvalue weighted by Gasteiger charge is -2.25. The largest absolute Gasteiger partial charge is 0.416 e. The van der Waals surface area contributed by atoms with Crippen molar-refractivity contribution >= 4 is 11.8 Å². The summed E-state index contributed by atoms with van der Waals surface area (Å²) < 4.78 is 37.5. The van der Waals surface area contributed by atoms with Crippen LogP contribution in [0.2, 0.25) is 0 Å². The molecule has 1 aromatic rings. The molecule has 1 aliphatic rings. The van der Waals surface area contributed by atoms with Crippen molar-refractivity contribution in [1.29, 1.82) is 0 Å². The normalized spacial score (nSPS) is 18.1. The highest BCUT2D eigenvalue weighted by Gasteiger charge is 2.34. The van der Waals surface area contributed by atoms with Crippen LogP contribution in [0.5, 0.6) is 0 Å². The minimum atomic E-state index is -4.37. The predicted molar refractivity (Wildman–Crippen MR) is 82.9 cm³/mol. The summed E-state index contributed by atoms with van der Waals surface area (Å²) in [7, 11) is 0. The fourth-order valence-electron chi connectivity index (χ4n) is 2.75. The van der Waals surface area contributed by atoms with E-state index in [9.17, 15) is 22.8 Å². The van der Waals surface area contributed by atoms with Crippen LogP contribution in [0.4, 0.5) is 13.2 Å². The highest BCUT2D eigenvalue weighted by molar-refractivity contribution is 5.88. The number of hydrogen-bond acceptors (Lipinski definition) is 2. The number of nitrogens with zero attached hydrogens (tertiary/aromatic N) is 1. The number of rotatable bonds is 4. The lowest BCUT2D eigenvalue weighted by atomic mass is 10.1. The average Bonchev–Trinajstić information content (AvgIpc) is 3.00. The molecule has 0 saturated carbocycles. The second-order valence-electron chi connectivity index (χ2n) is 6.26. The van der Waals surface area contributed by atoms with Gasteiger partial charge < -0.3 is 10.2 Å². The Kier molecular flexibility index (Phi) is 5.51. The van der Waals surface area contributed by atoms with E-state index < -0.39 is 17.8 Å². The molecule has 2 amide bonds. The summed E-state index contributed by atoms with van der Waals surface area (Å²) in [5, 5.41) is 2.71. The van der Waals surface area contributed by atoms with Crippen molar-refractivity contribution < 1.29 is 22.8 Å². The van der Waals surface area contributed by atoms with Crippen molar-refractivity contribution in [3.8, 4) is 0 Å². The first kappa shape index (κ1) is 18.3. The molecule has 0 spiro atoms. The molecule has 0 bridgehead atoms. The minimum absolute atomic E-state index is 0.0535. The van der Waals surface area contributed by atoms with Crippen molar-refractivity contribution in [2.24, 2.45) is 5.92 Å². The SMILES string of the molecule is CC(C)C(=O)N1CCCC1C(=O)NCc1ccc(C(F)(F)F)cc1. The van der Waals surface area contributed by atoms with Crippen LogP contribution in [0.25, 0.3) is 0 Å². The summed E-state index contributed by atoms with van der Waals surface area (Å²) >= 11 is 0. The summed E-state index contributed by atoms with van der Waals surface area (Å²) in [5.74, 6) is -0.489. The van der Waals surface area contributed by atoms with Crippen LogP contribution < -0.4 is 5.32 Å². The van der Waals surface area contributed by atoms with Crippen LogP contribution in [0, 0.1) is 5.92 Å². The Morgan fingerprint density at radius 2 is 1.88 bits per heavy atom. The lowest BCUT2D eigenvalue weighted by Crippen LogP contribution is -2.47. The van der Waals surface area contributed by atoms with Crippen LogP contribution in [0.15, 0.2) is 24.3 Å². The number of nitrogens with one attached hydrogen (secondary N) is 1. The maximum Gasteiger partial charge on any atom is 0.416 e. The van der Waals surface area contributed by atoms with Gasteiger partial charge in [-0.25, -0.2) is 0 Å². The fraction of sp³-hybridized carbons (Fsp3) is 0.529. The van der Waals surface area contributed by atoms with Gasteiger partial charge in [-0.1, -0.05) is 26.0 Å². The lowest BCUT2D eigenvalue weighted by molar-refractivity contribution is -0.140. The number of carbonyl (C=O) groups is 2. The predicted octanol–water partition coefficient (Wildman–Crippen LogP) is 2.97. The van der Waals surface area contributed by atoms with E-state index in [1.807, 2.05) is 0 Å². The molecule has 0 aliphatic carbocycles. The molecule has 1 aromatic carbocycles. The maximum absolute atomic E-state index is 12.5. The number of hydrogen-bond donors (Lipinski definition) is 1. The fourth-order valence-corrected chi connectivity index (χ4v) is 2.75. The Labute approximate surface area is 139 Å². The van der Waals surface area contributed by atoms with Gasteiger partial charge in [0.15, 0.2) is 0 Å². The van der Waals surface area contributed by atoms with Gasteiger partial charge in [0.05, 0.1) is 5.56 Å². The zero-order chi connectivity index (χ0) is 17.9. The number of carbonyl (C=O) groups excluding carboxylic acids is 2. The zero-order valence-corrected chi connectivity index (χ0v) is 13.7. The molecule has 1 atom stereocenters. The van der Waals surface area contributed by atoms with Crippen molar-refractivity contribution in [3.63, 3.8) is 0 Å². The zero-order valence-electron chi connectivity index (χ0n) is 13.7. The molecule has 2 rings (SSSR count). The van der Waals surface area contributed by atoms with Gasteiger partial charge in [-0.2, -0.15) is 13.2 Å². The van der Waals surface area contributed by atoms with Crippen molar-refractivity contribution in [3.05, 3.63) is 35.4 Å². The molecule has 7 heteroatoms. The average molecular weight is 342 g/mol. The molecular weight excluding hydrogens is 321 g/mol. The molecule has 24 heavy (non-hydrogen) atoms. The van der Waals surface area contributed by atoms with Gasteiger partial charge in [0.2, 0.25) is 11.8 Å². The first-order valence-corrected chi connectivity index (χ1v) is 7.94. The second kappa shape index (κ2) is 7.23. The van der Waals surface area contributed by atoms with Gasteiger partial charge >= 0.3 is 6.18 Å². The van der Waals surface area contributed by atoms with Crippen LogP contribution in [-0.4, -0.2) is 29.3 Å². The molecule has 1 aliphatic heterocycles. The van der Waals surface area contributed by atoms with Crippen molar-refractivity contribution in [2.75, 3.05) is 6.54 Å². The van der Waals surface area contributed by atoms with Crippen LogP contribution in [0.1, 0.15) is 37.8 Å². The summed E-state index contributed by atoms with van der Waals surface area (Å²) in [6.45, 7) is 4.28. The molecule has 0 aromatic heterocycles. The van der Waals surface area contributed by atoms with Crippen LogP contribution in [0.3, 0.4) is 0 Å². The molecule has 1 fully saturated rings. The first-order chi connectivity index (χ1) is 11.2. The van der Waals surface area contributed by atoms with Crippen molar-refractivity contribution in [1.82, 2.24) is 10.2 Å². The molecule has 1 heterocycles. The standard InChI is InChI=1S/C17H21F3N2O2/c1-11(2)16(24)22-9-3-4-14(22)15(23)21-10-12-5-7-13(8-6-12)17(18,19)20/h5-8,11,14H,3-4,9-10H2,1-2H3,(H,21,23). The minimum Gasteiger partial charge on any atom is -0.350 e. The van der Waals surface area contributed by atoms with Crippen LogP contribution in [-0.2, 0) is 22.3 Å². The van der Waals surface area contributed by atoms with E-state index in [1.165, 1.54) is 12.1 Å². The van der Waals surface area contributed by atoms with E-state index in [1.54, 1.807) is 18.7 Å². The summed E-state index contributed by atoms with van der Waals surface area (Å²) in [5.41, 5.74) is -0.141. The maximum atomic E-state index is 12.5. The van der Waals surface area contributed by atoms with E-state index in [2.05, 4.69) is 5.32 Å². The van der Waals surface area contributed by atoms with E-state index in [4.69, 9.17) is 0 Å². The molecular formula is C17H21F3N2O2. The number of halogens is 3. The third-order valence-electron chi connectivity index (χ3n) is 4.08. The molecule has 0 radical (unpaired) electrons. The Bertz CT molecular complexity index is 597. The molecule has 4 nitrogen and oxygen atoms in total. The van der Waals surface area contributed by atoms with E-state index in [0.717, 1.165) is 18.6 Å². The summed E-state index contributed by atoms with van der Waals surface area (Å²) in [4.78, 5) is 26.0. The topological polar surface area (TPSA) is 49.4 Å². The number of alkyl halides is 3. The van der Waals surface area contributed by atoms with Gasteiger partial charge in [-0.3, -0.25) is 9.59 Å². The Balaban J connectivity index is 1.94. The first-order valence-electron chi connectivity index (χ1n) is 7.94. The quantitative estimate of drug-likeness (QED) is 0.915. The molecule has 132 valence electrons. The van der Waals surface area contributed by atoms with Crippen molar-refractivity contribution in [2.45, 2.75) is 45.5 Å². The Hall–Kier alpha value is -2.05. The van der Waals surface area contributed by atoms with E-state index in [0.29, 0.717) is 18.5 Å². The van der Waals surface area contributed by atoms with Gasteiger partial charge in [0, 0.05) is 19.0 Å². The third kappa shape index (κ3) is 4.27. The summed E-state index contributed by atoms with van der Waals surface area (Å²) in [6.07, 6.45) is -2.99. The Morgan fingerprint density at radius 1 is 1.25 bits per heavy atom. The second-order valence-corrected chi connectivity index (χ2v) is 6.26.